The second kappa shape index (κ2) is 16.5. The number of amides is 3. The van der Waals surface area contributed by atoms with Crippen molar-refractivity contribution >= 4 is 35.6 Å². The molecule has 3 amide bonds. The molecule has 1 fully saturated rings. The SMILES string of the molecule is CSCCC(NC(=O)OC(C)(C)C)C(=O)N(C1CCC1)C(C(=O)NC(Cc1ccccc1)C(=O)OC(C)(C)C)c1c(C)cccc1C. The average Bonchev–Trinajstić information content (AvgIpc) is 2.93. The van der Waals surface area contributed by atoms with E-state index in [0.717, 1.165) is 36.0 Å². The molecule has 0 bridgehead atoms. The Morgan fingerprint density at radius 1 is 0.851 bits per heavy atom. The van der Waals surface area contributed by atoms with E-state index in [9.17, 15) is 19.2 Å². The highest BCUT2D eigenvalue weighted by atomic mass is 32.2. The molecule has 0 aliphatic heterocycles. The quantitative estimate of drug-likeness (QED) is 0.236. The Hall–Kier alpha value is -3.53. The van der Waals surface area contributed by atoms with Crippen molar-refractivity contribution in [3.63, 3.8) is 0 Å². The van der Waals surface area contributed by atoms with Gasteiger partial charge in [0.2, 0.25) is 11.8 Å². The molecular formula is C37H53N3O6S. The van der Waals surface area contributed by atoms with E-state index in [1.54, 1.807) is 58.2 Å². The van der Waals surface area contributed by atoms with Crippen LogP contribution in [0.2, 0.25) is 0 Å². The van der Waals surface area contributed by atoms with Crippen LogP contribution in [-0.4, -0.2) is 70.1 Å². The van der Waals surface area contributed by atoms with Gasteiger partial charge >= 0.3 is 12.1 Å². The molecule has 3 unspecified atom stereocenters. The van der Waals surface area contributed by atoms with E-state index in [1.165, 1.54) is 0 Å². The van der Waals surface area contributed by atoms with Crippen LogP contribution in [0.1, 0.15) is 95.5 Å². The largest absolute Gasteiger partial charge is 0.458 e. The van der Waals surface area contributed by atoms with E-state index >= 15 is 0 Å². The van der Waals surface area contributed by atoms with Gasteiger partial charge in [-0.1, -0.05) is 48.5 Å². The summed E-state index contributed by atoms with van der Waals surface area (Å²) in [5.41, 5.74) is 1.74. The third-order valence-electron chi connectivity index (χ3n) is 7.95. The van der Waals surface area contributed by atoms with Gasteiger partial charge in [-0.3, -0.25) is 9.59 Å². The van der Waals surface area contributed by atoms with Crippen LogP contribution in [0.4, 0.5) is 4.79 Å². The maximum absolute atomic E-state index is 14.7. The third kappa shape index (κ3) is 11.3. The Bertz CT molecular complexity index is 1360. The number of hydrogen-bond acceptors (Lipinski definition) is 7. The topological polar surface area (TPSA) is 114 Å². The molecular weight excluding hydrogens is 614 g/mol. The summed E-state index contributed by atoms with van der Waals surface area (Å²) in [5.74, 6) is -0.770. The molecule has 0 aromatic heterocycles. The fourth-order valence-electron chi connectivity index (χ4n) is 5.63. The lowest BCUT2D eigenvalue weighted by Crippen LogP contribution is -2.59. The minimum absolute atomic E-state index is 0.217. The van der Waals surface area contributed by atoms with Gasteiger partial charge in [-0.2, -0.15) is 11.8 Å². The molecule has 1 aliphatic rings. The van der Waals surface area contributed by atoms with Crippen LogP contribution in [0.3, 0.4) is 0 Å². The van der Waals surface area contributed by atoms with Crippen molar-refractivity contribution < 1.29 is 28.7 Å². The Kier molecular flexibility index (Phi) is 13.3. The minimum atomic E-state index is -1.05. The normalized spacial score (nSPS) is 15.4. The van der Waals surface area contributed by atoms with E-state index in [-0.39, 0.29) is 18.4 Å². The Balaban J connectivity index is 2.10. The van der Waals surface area contributed by atoms with Gasteiger partial charge in [-0.15, -0.1) is 0 Å². The number of carbonyl (C=O) groups excluding carboxylic acids is 4. The highest BCUT2D eigenvalue weighted by molar-refractivity contribution is 7.98. The van der Waals surface area contributed by atoms with Crippen molar-refractivity contribution in [1.29, 1.82) is 0 Å². The highest BCUT2D eigenvalue weighted by Crippen LogP contribution is 2.36. The number of nitrogens with zero attached hydrogens (tertiary/aromatic N) is 1. The number of ether oxygens (including phenoxy) is 2. The van der Waals surface area contributed by atoms with Gasteiger partial charge in [0.25, 0.3) is 0 Å². The van der Waals surface area contributed by atoms with E-state index in [2.05, 4.69) is 10.6 Å². The first kappa shape index (κ1) is 37.9. The van der Waals surface area contributed by atoms with Crippen molar-refractivity contribution in [1.82, 2.24) is 15.5 Å². The fraction of sp³-hybridized carbons (Fsp3) is 0.568. The van der Waals surface area contributed by atoms with Crippen LogP contribution in [0, 0.1) is 13.8 Å². The molecule has 2 N–H and O–H groups in total. The van der Waals surface area contributed by atoms with E-state index < -0.39 is 47.3 Å². The van der Waals surface area contributed by atoms with Gasteiger partial charge < -0.3 is 25.0 Å². The molecule has 9 nitrogen and oxygen atoms in total. The van der Waals surface area contributed by atoms with Gasteiger partial charge in [-0.25, -0.2) is 9.59 Å². The van der Waals surface area contributed by atoms with Gasteiger partial charge in [0.1, 0.15) is 29.3 Å². The molecule has 0 radical (unpaired) electrons. The van der Waals surface area contributed by atoms with Crippen molar-refractivity contribution in [3.05, 3.63) is 70.8 Å². The van der Waals surface area contributed by atoms with Gasteiger partial charge in [-0.05, 0) is 115 Å². The number of benzene rings is 2. The van der Waals surface area contributed by atoms with Crippen LogP contribution >= 0.6 is 11.8 Å². The first-order valence-corrected chi connectivity index (χ1v) is 17.8. The second-order valence-corrected chi connectivity index (χ2v) is 15.3. The molecule has 10 heteroatoms. The lowest BCUT2D eigenvalue weighted by atomic mass is 9.86. The molecule has 1 saturated carbocycles. The van der Waals surface area contributed by atoms with E-state index in [1.807, 2.05) is 68.6 Å². The first-order valence-electron chi connectivity index (χ1n) is 16.4. The number of hydrogen-bond donors (Lipinski definition) is 2. The van der Waals surface area contributed by atoms with Gasteiger partial charge in [0.15, 0.2) is 0 Å². The van der Waals surface area contributed by atoms with Gasteiger partial charge in [0.05, 0.1) is 0 Å². The number of alkyl carbamates (subject to hydrolysis) is 1. The molecule has 3 rings (SSSR count). The third-order valence-corrected chi connectivity index (χ3v) is 8.60. The van der Waals surface area contributed by atoms with Crippen LogP contribution in [0.5, 0.6) is 0 Å². The summed E-state index contributed by atoms with van der Waals surface area (Å²) in [6.45, 7) is 14.5. The lowest BCUT2D eigenvalue weighted by molar-refractivity contribution is -0.159. The molecule has 2 aromatic carbocycles. The summed E-state index contributed by atoms with van der Waals surface area (Å²) in [6.07, 6.45) is 4.19. The summed E-state index contributed by atoms with van der Waals surface area (Å²) in [5, 5.41) is 5.82. The Morgan fingerprint density at radius 3 is 1.96 bits per heavy atom. The predicted octanol–water partition coefficient (Wildman–Crippen LogP) is 6.44. The van der Waals surface area contributed by atoms with E-state index in [4.69, 9.17) is 9.47 Å². The summed E-state index contributed by atoms with van der Waals surface area (Å²) >= 11 is 1.57. The Labute approximate surface area is 284 Å². The zero-order chi connectivity index (χ0) is 34.9. The van der Waals surface area contributed by atoms with Crippen molar-refractivity contribution in [2.75, 3.05) is 12.0 Å². The molecule has 0 spiro atoms. The predicted molar refractivity (Wildman–Crippen MR) is 187 cm³/mol. The maximum Gasteiger partial charge on any atom is 0.408 e. The van der Waals surface area contributed by atoms with Gasteiger partial charge in [0, 0.05) is 12.5 Å². The highest BCUT2D eigenvalue weighted by Gasteiger charge is 2.44. The van der Waals surface area contributed by atoms with Crippen LogP contribution < -0.4 is 10.6 Å². The summed E-state index contributed by atoms with van der Waals surface area (Å²) in [4.78, 5) is 57.6. The number of aryl methyl sites for hydroxylation is 2. The van der Waals surface area contributed by atoms with Crippen LogP contribution in [0.25, 0.3) is 0 Å². The van der Waals surface area contributed by atoms with E-state index in [0.29, 0.717) is 17.7 Å². The standard InChI is InChI=1S/C37H53N3O6S/c1-24-15-13-16-25(2)30(24)31(32(41)38-29(34(43)45-36(3,4)5)23-26-17-11-10-12-18-26)40(27-19-14-20-27)33(42)28(21-22-47-9)39-35(44)46-37(6,7)8/h10-13,15-18,27-29,31H,14,19-23H2,1-9H3,(H,38,41)(H,39,44). The molecule has 0 saturated heterocycles. The average molecular weight is 668 g/mol. The summed E-state index contributed by atoms with van der Waals surface area (Å²) < 4.78 is 11.3. The van der Waals surface area contributed by atoms with Crippen molar-refractivity contribution in [2.45, 2.75) is 123 Å². The molecule has 258 valence electrons. The van der Waals surface area contributed by atoms with Crippen LogP contribution in [-0.2, 0) is 30.3 Å². The minimum Gasteiger partial charge on any atom is -0.458 e. The number of carbonyl (C=O) groups is 4. The number of thioether (sulfide) groups is 1. The molecule has 3 atom stereocenters. The maximum atomic E-state index is 14.7. The van der Waals surface area contributed by atoms with Crippen LogP contribution in [0.15, 0.2) is 48.5 Å². The zero-order valence-electron chi connectivity index (χ0n) is 29.5. The number of esters is 1. The summed E-state index contributed by atoms with van der Waals surface area (Å²) in [7, 11) is 0. The molecule has 0 heterocycles. The summed E-state index contributed by atoms with van der Waals surface area (Å²) in [6, 6.07) is 12.0. The lowest BCUT2D eigenvalue weighted by Gasteiger charge is -2.44. The Morgan fingerprint density at radius 2 is 1.45 bits per heavy atom. The molecule has 2 aromatic rings. The fourth-order valence-corrected chi connectivity index (χ4v) is 6.10. The van der Waals surface area contributed by atoms with Crippen molar-refractivity contribution in [2.24, 2.45) is 0 Å². The zero-order valence-corrected chi connectivity index (χ0v) is 30.3. The molecule has 1 aliphatic carbocycles. The number of rotatable bonds is 13. The molecule has 47 heavy (non-hydrogen) atoms. The monoisotopic (exact) mass is 667 g/mol. The number of nitrogens with one attached hydrogen (secondary N) is 2. The first-order chi connectivity index (χ1) is 22.0. The van der Waals surface area contributed by atoms with Crippen molar-refractivity contribution in [3.8, 4) is 0 Å². The second-order valence-electron chi connectivity index (χ2n) is 14.3. The smallest absolute Gasteiger partial charge is 0.408 e.